The van der Waals surface area contributed by atoms with Gasteiger partial charge < -0.3 is 4.40 Å². The summed E-state index contributed by atoms with van der Waals surface area (Å²) in [7, 11) is 0. The Balaban J connectivity index is 1.36. The Morgan fingerprint density at radius 3 is 2.22 bits per heavy atom. The van der Waals surface area contributed by atoms with E-state index in [2.05, 4.69) is 126 Å². The molecule has 8 rings (SSSR count). The SMILES string of the molecule is C1=CC2C(c3ccc(-c4cn5ccccc5n4)c4ccccc34)=Cc3ccc4ccccc4c3C2C=C1. The fourth-order valence-electron chi connectivity index (χ4n) is 6.35. The first-order valence-electron chi connectivity index (χ1n) is 12.9. The molecule has 0 bridgehead atoms. The average Bonchev–Trinajstić information content (AvgIpc) is 3.40. The number of nitrogens with zero attached hydrogens (tertiary/aromatic N) is 2. The standard InChI is InChI=1S/C35H24N2/c1-2-10-25-23(9-1)16-17-24-21-32(28-13-5-6-14-31(28)35(24)25)29-18-19-30(27-12-4-3-11-26(27)29)33-22-37-20-8-7-15-34(37)36-33/h1-22,28,31H. The summed E-state index contributed by atoms with van der Waals surface area (Å²) in [4.78, 5) is 4.93. The first kappa shape index (κ1) is 20.5. The van der Waals surface area contributed by atoms with E-state index in [-0.39, 0.29) is 0 Å². The summed E-state index contributed by atoms with van der Waals surface area (Å²) in [6, 6.07) is 32.8. The predicted octanol–water partition coefficient (Wildman–Crippen LogP) is 8.69. The average molecular weight is 473 g/mol. The normalized spacial score (nSPS) is 18.2. The zero-order chi connectivity index (χ0) is 24.3. The van der Waals surface area contributed by atoms with Crippen molar-refractivity contribution in [2.24, 2.45) is 5.92 Å². The van der Waals surface area contributed by atoms with E-state index < -0.39 is 0 Å². The minimum Gasteiger partial charge on any atom is -0.306 e. The Morgan fingerprint density at radius 2 is 1.35 bits per heavy atom. The van der Waals surface area contributed by atoms with Crippen molar-refractivity contribution in [3.05, 3.63) is 144 Å². The number of pyridine rings is 1. The van der Waals surface area contributed by atoms with E-state index >= 15 is 0 Å². The van der Waals surface area contributed by atoms with Crippen LogP contribution in [-0.2, 0) is 0 Å². The number of hydrogen-bond acceptors (Lipinski definition) is 1. The summed E-state index contributed by atoms with van der Waals surface area (Å²) in [5.41, 5.74) is 8.58. The summed E-state index contributed by atoms with van der Waals surface area (Å²) in [6.07, 6.45) is 15.8. The van der Waals surface area contributed by atoms with Gasteiger partial charge in [-0.25, -0.2) is 4.98 Å². The molecule has 0 fully saturated rings. The highest BCUT2D eigenvalue weighted by molar-refractivity contribution is 6.06. The summed E-state index contributed by atoms with van der Waals surface area (Å²) >= 11 is 0. The first-order chi connectivity index (χ1) is 18.3. The van der Waals surface area contributed by atoms with Crippen molar-refractivity contribution in [2.75, 3.05) is 0 Å². The summed E-state index contributed by atoms with van der Waals surface area (Å²) in [5.74, 6) is 0.621. The van der Waals surface area contributed by atoms with Gasteiger partial charge in [-0.05, 0) is 55.9 Å². The van der Waals surface area contributed by atoms with Crippen LogP contribution in [0, 0.1) is 5.92 Å². The lowest BCUT2D eigenvalue weighted by Gasteiger charge is -2.34. The lowest BCUT2D eigenvalue weighted by atomic mass is 9.69. The molecule has 0 aliphatic heterocycles. The van der Waals surface area contributed by atoms with E-state index in [4.69, 9.17) is 4.98 Å². The van der Waals surface area contributed by atoms with Gasteiger partial charge in [-0.2, -0.15) is 0 Å². The molecule has 174 valence electrons. The molecule has 2 heteroatoms. The van der Waals surface area contributed by atoms with Crippen LogP contribution < -0.4 is 0 Å². The van der Waals surface area contributed by atoms with Crippen molar-refractivity contribution in [1.82, 2.24) is 9.38 Å². The topological polar surface area (TPSA) is 17.3 Å². The van der Waals surface area contributed by atoms with E-state index in [0.717, 1.165) is 11.3 Å². The second-order valence-electron chi connectivity index (χ2n) is 10.0. The van der Waals surface area contributed by atoms with Crippen molar-refractivity contribution in [3.63, 3.8) is 0 Å². The molecule has 37 heavy (non-hydrogen) atoms. The molecule has 2 aromatic heterocycles. The molecule has 0 amide bonds. The number of fused-ring (bicyclic) bond motifs is 7. The predicted molar refractivity (Wildman–Crippen MR) is 154 cm³/mol. The molecular weight excluding hydrogens is 448 g/mol. The van der Waals surface area contributed by atoms with Gasteiger partial charge in [0.2, 0.25) is 0 Å². The first-order valence-corrected chi connectivity index (χ1v) is 12.9. The van der Waals surface area contributed by atoms with Crippen LogP contribution in [0.5, 0.6) is 0 Å². The van der Waals surface area contributed by atoms with Crippen molar-refractivity contribution in [2.45, 2.75) is 5.92 Å². The van der Waals surface area contributed by atoms with Crippen LogP contribution in [0.25, 0.3) is 50.1 Å². The van der Waals surface area contributed by atoms with Gasteiger partial charge in [0.1, 0.15) is 5.65 Å². The maximum Gasteiger partial charge on any atom is 0.137 e. The van der Waals surface area contributed by atoms with Crippen LogP contribution in [0.1, 0.15) is 22.6 Å². The molecule has 2 aliphatic carbocycles. The van der Waals surface area contributed by atoms with Crippen LogP contribution in [0.2, 0.25) is 0 Å². The van der Waals surface area contributed by atoms with Gasteiger partial charge in [-0.1, -0.05) is 109 Å². The molecule has 2 unspecified atom stereocenters. The second-order valence-corrected chi connectivity index (χ2v) is 10.0. The Hall–Kier alpha value is -4.69. The Bertz CT molecular complexity index is 1920. The highest BCUT2D eigenvalue weighted by atomic mass is 15.0. The highest BCUT2D eigenvalue weighted by Gasteiger charge is 2.32. The molecule has 2 heterocycles. The number of hydrogen-bond donors (Lipinski definition) is 0. The smallest absolute Gasteiger partial charge is 0.137 e. The van der Waals surface area contributed by atoms with Crippen molar-refractivity contribution in [1.29, 1.82) is 0 Å². The lowest BCUT2D eigenvalue weighted by molar-refractivity contribution is 0.715. The third-order valence-corrected chi connectivity index (χ3v) is 8.02. The van der Waals surface area contributed by atoms with E-state index in [1.54, 1.807) is 0 Å². The minimum atomic E-state index is 0.299. The number of benzene rings is 4. The largest absolute Gasteiger partial charge is 0.306 e. The van der Waals surface area contributed by atoms with Gasteiger partial charge in [-0.3, -0.25) is 0 Å². The van der Waals surface area contributed by atoms with Crippen LogP contribution >= 0.6 is 0 Å². The van der Waals surface area contributed by atoms with Gasteiger partial charge in [0.25, 0.3) is 0 Å². The van der Waals surface area contributed by atoms with Gasteiger partial charge in [0.15, 0.2) is 0 Å². The van der Waals surface area contributed by atoms with Gasteiger partial charge >= 0.3 is 0 Å². The summed E-state index contributed by atoms with van der Waals surface area (Å²) in [5, 5.41) is 5.18. The van der Waals surface area contributed by atoms with Crippen LogP contribution in [0.15, 0.2) is 128 Å². The molecule has 2 atom stereocenters. The summed E-state index contributed by atoms with van der Waals surface area (Å²) in [6.45, 7) is 0. The van der Waals surface area contributed by atoms with Crippen LogP contribution in [0.3, 0.4) is 0 Å². The molecule has 0 spiro atoms. The van der Waals surface area contributed by atoms with E-state index in [0.29, 0.717) is 11.8 Å². The number of rotatable bonds is 2. The number of imidazole rings is 1. The van der Waals surface area contributed by atoms with E-state index in [1.807, 2.05) is 12.1 Å². The molecule has 0 N–H and O–H groups in total. The van der Waals surface area contributed by atoms with Gasteiger partial charge in [0, 0.05) is 29.8 Å². The highest BCUT2D eigenvalue weighted by Crippen LogP contribution is 2.49. The van der Waals surface area contributed by atoms with Crippen LogP contribution in [0.4, 0.5) is 0 Å². The molecule has 0 saturated carbocycles. The Kier molecular flexibility index (Phi) is 4.38. The van der Waals surface area contributed by atoms with Gasteiger partial charge in [0.05, 0.1) is 5.69 Å². The third kappa shape index (κ3) is 3.09. The summed E-state index contributed by atoms with van der Waals surface area (Å²) < 4.78 is 2.09. The van der Waals surface area contributed by atoms with E-state index in [9.17, 15) is 0 Å². The van der Waals surface area contributed by atoms with Crippen molar-refractivity contribution in [3.8, 4) is 11.3 Å². The number of allylic oxidation sites excluding steroid dienone is 5. The zero-order valence-corrected chi connectivity index (χ0v) is 20.3. The maximum absolute atomic E-state index is 4.93. The fraction of sp³-hybridized carbons (Fsp3) is 0.0571. The minimum absolute atomic E-state index is 0.299. The zero-order valence-electron chi connectivity index (χ0n) is 20.3. The molecule has 2 aliphatic rings. The Morgan fingerprint density at radius 1 is 0.622 bits per heavy atom. The Labute approximate surface area is 215 Å². The molecule has 6 aromatic rings. The second kappa shape index (κ2) is 7.91. The van der Waals surface area contributed by atoms with Crippen molar-refractivity contribution < 1.29 is 0 Å². The maximum atomic E-state index is 4.93. The monoisotopic (exact) mass is 472 g/mol. The quantitative estimate of drug-likeness (QED) is 0.246. The molecular formula is C35H24N2. The fourth-order valence-corrected chi connectivity index (χ4v) is 6.35. The lowest BCUT2D eigenvalue weighted by Crippen LogP contribution is -2.18. The molecule has 0 saturated heterocycles. The van der Waals surface area contributed by atoms with Gasteiger partial charge in [-0.15, -0.1) is 0 Å². The number of aromatic nitrogens is 2. The van der Waals surface area contributed by atoms with E-state index in [1.165, 1.54) is 49.4 Å². The third-order valence-electron chi connectivity index (χ3n) is 8.02. The molecule has 4 aromatic carbocycles. The van der Waals surface area contributed by atoms with Crippen LogP contribution in [-0.4, -0.2) is 9.38 Å². The van der Waals surface area contributed by atoms with Crippen molar-refractivity contribution >= 4 is 38.8 Å². The molecule has 2 nitrogen and oxygen atoms in total. The molecule has 0 radical (unpaired) electrons.